The van der Waals surface area contributed by atoms with Crippen LogP contribution in [0.25, 0.3) is 0 Å². The second-order valence-electron chi connectivity index (χ2n) is 7.60. The molecule has 0 atom stereocenters. The van der Waals surface area contributed by atoms with Crippen molar-refractivity contribution >= 4 is 27.3 Å². The minimum atomic E-state index is -3.89. The highest BCUT2D eigenvalue weighted by Gasteiger charge is 2.30. The average Bonchev–Trinajstić information content (AvgIpc) is 2.84. The van der Waals surface area contributed by atoms with E-state index in [0.29, 0.717) is 45.2 Å². The normalized spacial score (nSPS) is 17.6. The third-order valence-corrected chi connectivity index (χ3v) is 7.49. The van der Waals surface area contributed by atoms with Crippen LogP contribution >= 0.6 is 0 Å². The molecule has 0 unspecified atom stereocenters. The van der Waals surface area contributed by atoms with Crippen LogP contribution in [0.1, 0.15) is 10.4 Å². The number of methoxy groups -OCH3 is 1. The van der Waals surface area contributed by atoms with Gasteiger partial charge in [-0.15, -0.1) is 0 Å². The smallest absolute Gasteiger partial charge is 0.255 e. The molecule has 0 aliphatic carbocycles. The van der Waals surface area contributed by atoms with Crippen LogP contribution in [0.3, 0.4) is 0 Å². The van der Waals surface area contributed by atoms with Gasteiger partial charge in [0, 0.05) is 37.4 Å². The Labute approximate surface area is 192 Å². The number of carbonyl (C=O) groups is 1. The molecule has 2 aromatic rings. The van der Waals surface area contributed by atoms with Crippen LogP contribution in [-0.2, 0) is 19.5 Å². The molecule has 1 N–H and O–H groups in total. The Hall–Kier alpha value is -2.73. The van der Waals surface area contributed by atoms with Crippen molar-refractivity contribution in [2.45, 2.75) is 4.90 Å². The van der Waals surface area contributed by atoms with Gasteiger partial charge in [0.05, 0.1) is 39.2 Å². The number of morpholine rings is 2. The summed E-state index contributed by atoms with van der Waals surface area (Å²) in [4.78, 5) is 14.6. The summed E-state index contributed by atoms with van der Waals surface area (Å²) in [5, 5.41) is 2.63. The van der Waals surface area contributed by atoms with Crippen molar-refractivity contribution in [2.75, 3.05) is 69.9 Å². The lowest BCUT2D eigenvalue weighted by Crippen LogP contribution is -2.40. The number of nitrogens with one attached hydrogen (secondary N) is 1. The first-order valence-electron chi connectivity index (χ1n) is 10.6. The molecular weight excluding hydrogens is 453 g/mol. The third-order valence-electron chi connectivity index (χ3n) is 5.57. The second-order valence-corrected chi connectivity index (χ2v) is 9.51. The highest BCUT2D eigenvalue weighted by molar-refractivity contribution is 7.89. The Kier molecular flexibility index (Phi) is 7.13. The van der Waals surface area contributed by atoms with E-state index in [1.807, 2.05) is 4.90 Å². The van der Waals surface area contributed by atoms with Gasteiger partial charge in [-0.2, -0.15) is 4.31 Å². The predicted octanol–water partition coefficient (Wildman–Crippen LogP) is 1.94. The predicted molar refractivity (Wildman–Crippen MR) is 120 cm³/mol. The molecule has 0 saturated carbocycles. The van der Waals surface area contributed by atoms with Crippen LogP contribution in [-0.4, -0.2) is 78.3 Å². The molecule has 9 nitrogen and oxygen atoms in total. The molecule has 0 bridgehead atoms. The number of benzene rings is 2. The van der Waals surface area contributed by atoms with Crippen LogP contribution in [0.15, 0.2) is 41.3 Å². The SMILES string of the molecule is COc1ccc(C(=O)Nc2ccc(N3CCOCC3)c(F)c2)cc1S(=O)(=O)N1CCOCC1. The van der Waals surface area contributed by atoms with Gasteiger partial charge in [0.1, 0.15) is 16.5 Å². The van der Waals surface area contributed by atoms with Gasteiger partial charge in [-0.3, -0.25) is 4.79 Å². The molecule has 0 aromatic heterocycles. The number of sulfonamides is 1. The molecule has 2 aromatic carbocycles. The highest BCUT2D eigenvalue weighted by Crippen LogP contribution is 2.29. The summed E-state index contributed by atoms with van der Waals surface area (Å²) in [6.07, 6.45) is 0. The maximum Gasteiger partial charge on any atom is 0.255 e. The molecule has 1 amide bonds. The zero-order chi connectivity index (χ0) is 23.4. The van der Waals surface area contributed by atoms with Crippen LogP contribution in [0, 0.1) is 5.82 Å². The molecule has 2 fully saturated rings. The molecule has 2 heterocycles. The molecule has 4 rings (SSSR count). The number of hydrogen-bond acceptors (Lipinski definition) is 7. The summed E-state index contributed by atoms with van der Waals surface area (Å²) < 4.78 is 58.0. The largest absolute Gasteiger partial charge is 0.495 e. The fraction of sp³-hybridized carbons (Fsp3) is 0.409. The lowest BCUT2D eigenvalue weighted by Gasteiger charge is -2.29. The molecule has 2 aliphatic heterocycles. The van der Waals surface area contributed by atoms with E-state index in [1.165, 1.54) is 35.7 Å². The van der Waals surface area contributed by atoms with E-state index in [0.717, 1.165) is 0 Å². The quantitative estimate of drug-likeness (QED) is 0.676. The second kappa shape index (κ2) is 10.0. The van der Waals surface area contributed by atoms with E-state index in [4.69, 9.17) is 14.2 Å². The summed E-state index contributed by atoms with van der Waals surface area (Å²) in [7, 11) is -2.52. The summed E-state index contributed by atoms with van der Waals surface area (Å²) in [5.74, 6) is -0.881. The fourth-order valence-corrected chi connectivity index (χ4v) is 5.38. The number of ether oxygens (including phenoxy) is 3. The van der Waals surface area contributed by atoms with E-state index >= 15 is 0 Å². The zero-order valence-corrected chi connectivity index (χ0v) is 19.1. The first-order valence-corrected chi connectivity index (χ1v) is 12.0. The number of amides is 1. The molecular formula is C22H26FN3O6S. The van der Waals surface area contributed by atoms with E-state index in [2.05, 4.69) is 5.32 Å². The summed E-state index contributed by atoms with van der Waals surface area (Å²) in [6.45, 7) is 3.29. The van der Waals surface area contributed by atoms with Gasteiger partial charge in [-0.05, 0) is 36.4 Å². The van der Waals surface area contributed by atoms with Crippen LogP contribution in [0.4, 0.5) is 15.8 Å². The summed E-state index contributed by atoms with van der Waals surface area (Å²) in [6, 6.07) is 8.64. The topological polar surface area (TPSA) is 97.4 Å². The first-order chi connectivity index (χ1) is 15.9. The van der Waals surface area contributed by atoms with Gasteiger partial charge >= 0.3 is 0 Å². The molecule has 33 heavy (non-hydrogen) atoms. The van der Waals surface area contributed by atoms with Crippen molar-refractivity contribution in [2.24, 2.45) is 0 Å². The van der Waals surface area contributed by atoms with Crippen molar-refractivity contribution in [3.63, 3.8) is 0 Å². The molecule has 178 valence electrons. The number of halogens is 1. The number of rotatable bonds is 6. The maximum absolute atomic E-state index is 14.7. The molecule has 0 spiro atoms. The van der Waals surface area contributed by atoms with E-state index in [9.17, 15) is 17.6 Å². The van der Waals surface area contributed by atoms with Crippen LogP contribution in [0.2, 0.25) is 0 Å². The Morgan fingerprint density at radius 2 is 1.67 bits per heavy atom. The lowest BCUT2D eigenvalue weighted by molar-refractivity contribution is 0.0729. The van der Waals surface area contributed by atoms with Gasteiger partial charge in [0.25, 0.3) is 5.91 Å². The number of hydrogen-bond donors (Lipinski definition) is 1. The van der Waals surface area contributed by atoms with Crippen molar-refractivity contribution in [1.29, 1.82) is 0 Å². The Balaban J connectivity index is 1.55. The number of carbonyl (C=O) groups excluding carboxylic acids is 1. The van der Waals surface area contributed by atoms with E-state index in [-0.39, 0.29) is 35.0 Å². The Morgan fingerprint density at radius 3 is 2.30 bits per heavy atom. The molecule has 2 saturated heterocycles. The standard InChI is InChI=1S/C22H26FN3O6S/c1-30-20-5-2-16(14-21(20)33(28,29)26-8-12-32-13-9-26)22(27)24-17-3-4-19(18(23)15-17)25-6-10-31-11-7-25/h2-5,14-15H,6-13H2,1H3,(H,24,27). The minimum Gasteiger partial charge on any atom is -0.495 e. The van der Waals surface area contributed by atoms with Crippen LogP contribution < -0.4 is 15.0 Å². The minimum absolute atomic E-state index is 0.103. The zero-order valence-electron chi connectivity index (χ0n) is 18.3. The number of anilines is 2. The van der Waals surface area contributed by atoms with Gasteiger partial charge in [-0.1, -0.05) is 0 Å². The van der Waals surface area contributed by atoms with Gasteiger partial charge in [-0.25, -0.2) is 12.8 Å². The summed E-state index contributed by atoms with van der Waals surface area (Å²) >= 11 is 0. The Bertz CT molecular complexity index is 1120. The van der Waals surface area contributed by atoms with Gasteiger partial charge in [0.15, 0.2) is 0 Å². The van der Waals surface area contributed by atoms with Crippen molar-refractivity contribution in [3.8, 4) is 5.75 Å². The van der Waals surface area contributed by atoms with Crippen LogP contribution in [0.5, 0.6) is 5.75 Å². The Morgan fingerprint density at radius 1 is 1.00 bits per heavy atom. The summed E-state index contributed by atoms with van der Waals surface area (Å²) in [5.41, 5.74) is 0.822. The fourth-order valence-electron chi connectivity index (χ4n) is 3.79. The van der Waals surface area contributed by atoms with E-state index in [1.54, 1.807) is 12.1 Å². The molecule has 2 aliphatic rings. The average molecular weight is 480 g/mol. The molecule has 11 heteroatoms. The lowest BCUT2D eigenvalue weighted by atomic mass is 10.2. The van der Waals surface area contributed by atoms with Crippen molar-refractivity contribution in [1.82, 2.24) is 4.31 Å². The third kappa shape index (κ3) is 5.11. The first kappa shape index (κ1) is 23.4. The van der Waals surface area contributed by atoms with Crippen molar-refractivity contribution < 1.29 is 31.8 Å². The number of nitrogens with zero attached hydrogens (tertiary/aromatic N) is 2. The van der Waals surface area contributed by atoms with Crippen molar-refractivity contribution in [3.05, 3.63) is 47.8 Å². The molecule has 0 radical (unpaired) electrons. The highest BCUT2D eigenvalue weighted by atomic mass is 32.2. The van der Waals surface area contributed by atoms with Gasteiger partial charge < -0.3 is 24.4 Å². The van der Waals surface area contributed by atoms with Gasteiger partial charge in [0.2, 0.25) is 10.0 Å². The monoisotopic (exact) mass is 479 g/mol. The van der Waals surface area contributed by atoms with E-state index < -0.39 is 21.7 Å². The maximum atomic E-state index is 14.7.